The van der Waals surface area contributed by atoms with Crippen LogP contribution >= 0.6 is 0 Å². The molecule has 1 aromatic carbocycles. The summed E-state index contributed by atoms with van der Waals surface area (Å²) in [6.45, 7) is 2.18. The van der Waals surface area contributed by atoms with Crippen LogP contribution in [0.2, 0.25) is 0 Å². The van der Waals surface area contributed by atoms with E-state index >= 15 is 0 Å². The summed E-state index contributed by atoms with van der Waals surface area (Å²) in [7, 11) is 0. The number of ether oxygens (including phenoxy) is 1. The number of carbonyl (C=O) groups excluding carboxylic acids is 2. The maximum absolute atomic E-state index is 11.8. The van der Waals surface area contributed by atoms with Gasteiger partial charge in [0.25, 0.3) is 0 Å². The maximum atomic E-state index is 11.8. The average molecular weight is 359 g/mol. The molecule has 0 heterocycles. The second-order valence-electron chi connectivity index (χ2n) is 6.14. The fraction of sp³-hybridized carbons (Fsp3) is 0.579. The number of nitrogens with two attached hydrogens (primary N) is 1. The number of esters is 2. The zero-order valence-electron chi connectivity index (χ0n) is 14.5. The van der Waals surface area contributed by atoms with Crippen LogP contribution in [0.5, 0.6) is 5.75 Å². The van der Waals surface area contributed by atoms with Crippen molar-refractivity contribution in [3.8, 4) is 5.75 Å². The molecule has 0 amide bonds. The number of benzene rings is 1. The van der Waals surface area contributed by atoms with Crippen molar-refractivity contribution in [1.82, 2.24) is 0 Å². The Bertz CT molecular complexity index is 505. The molecular weight excluding hydrogens is 329 g/mol. The molecule has 0 aromatic heterocycles. The van der Waals surface area contributed by atoms with Gasteiger partial charge in [-0.2, -0.15) is 0 Å². The minimum atomic E-state index is -0.882. The second-order valence-corrected chi connectivity index (χ2v) is 6.14. The first-order valence-electron chi connectivity index (χ1n) is 8.81. The van der Waals surface area contributed by atoms with E-state index in [1.54, 1.807) is 12.1 Å². The summed E-state index contributed by atoms with van der Waals surface area (Å²) in [4.78, 5) is 23.5. The molecule has 0 fully saturated rings. The van der Waals surface area contributed by atoms with E-state index in [1.807, 2.05) is 0 Å². The summed E-state index contributed by atoms with van der Waals surface area (Å²) in [5.41, 5.74) is 6.57. The normalized spacial score (nSPS) is 11.4. The van der Waals surface area contributed by atoms with Gasteiger partial charge < -0.3 is 15.6 Å². The Labute approximate surface area is 172 Å². The molecule has 136 valence electrons. The Morgan fingerprint density at radius 3 is 2.20 bits per heavy atom. The third-order valence-corrected chi connectivity index (χ3v) is 3.89. The summed E-state index contributed by atoms with van der Waals surface area (Å²) >= 11 is 0. The van der Waals surface area contributed by atoms with E-state index in [2.05, 4.69) is 6.92 Å². The summed E-state index contributed by atoms with van der Waals surface area (Å²) in [5.74, 6) is -1.05. The molecule has 1 atom stereocenters. The van der Waals surface area contributed by atoms with Crippen LogP contribution in [0.4, 0.5) is 0 Å². The van der Waals surface area contributed by atoms with Crippen LogP contribution in [0.1, 0.15) is 63.9 Å². The van der Waals surface area contributed by atoms with Crippen LogP contribution in [-0.2, 0) is 20.7 Å². The molecule has 0 aliphatic heterocycles. The molecule has 0 spiro atoms. The molecule has 0 saturated heterocycles. The summed E-state index contributed by atoms with van der Waals surface area (Å²) in [6.07, 6.45) is 8.27. The molecule has 0 saturated carbocycles. The number of phenols is 1. The average Bonchev–Trinajstić information content (AvgIpc) is 2.56. The predicted octanol–water partition coefficient (Wildman–Crippen LogP) is 2.82. The SMILES string of the molecule is CCCCCCCCCC(=O)OC(=O)[C@@H](N)Cc1ccc(O)cc1.[NaH]. The molecule has 25 heavy (non-hydrogen) atoms. The predicted molar refractivity (Wildman–Crippen MR) is 101 cm³/mol. The van der Waals surface area contributed by atoms with Gasteiger partial charge in [-0.05, 0) is 30.5 Å². The van der Waals surface area contributed by atoms with Gasteiger partial charge in [0.1, 0.15) is 11.8 Å². The minimum absolute atomic E-state index is 0. The summed E-state index contributed by atoms with van der Waals surface area (Å²) < 4.78 is 4.80. The van der Waals surface area contributed by atoms with Crippen molar-refractivity contribution < 1.29 is 19.4 Å². The molecule has 3 N–H and O–H groups in total. The van der Waals surface area contributed by atoms with E-state index in [9.17, 15) is 14.7 Å². The van der Waals surface area contributed by atoms with Crippen LogP contribution in [0, 0.1) is 0 Å². The molecule has 0 aliphatic carbocycles. The van der Waals surface area contributed by atoms with E-state index in [4.69, 9.17) is 10.5 Å². The first-order chi connectivity index (χ1) is 11.5. The number of aromatic hydroxyl groups is 1. The van der Waals surface area contributed by atoms with Crippen molar-refractivity contribution in [2.24, 2.45) is 5.73 Å². The Kier molecular flexibility index (Phi) is 13.8. The molecule has 1 aromatic rings. The molecule has 6 heteroatoms. The molecular formula is C19H30NNaO4. The van der Waals surface area contributed by atoms with Gasteiger partial charge in [-0.15, -0.1) is 0 Å². The zero-order chi connectivity index (χ0) is 17.8. The first kappa shape index (κ1) is 24.1. The number of carbonyl (C=O) groups is 2. The number of hydrogen-bond donors (Lipinski definition) is 2. The van der Waals surface area contributed by atoms with Crippen molar-refractivity contribution in [2.45, 2.75) is 70.8 Å². The third kappa shape index (κ3) is 11.4. The third-order valence-electron chi connectivity index (χ3n) is 3.89. The van der Waals surface area contributed by atoms with Crippen molar-refractivity contribution in [3.63, 3.8) is 0 Å². The van der Waals surface area contributed by atoms with Crippen LogP contribution in [0.3, 0.4) is 0 Å². The molecule has 0 bridgehead atoms. The van der Waals surface area contributed by atoms with Gasteiger partial charge in [-0.25, -0.2) is 4.79 Å². The fourth-order valence-corrected chi connectivity index (χ4v) is 2.43. The second kappa shape index (κ2) is 14.3. The van der Waals surface area contributed by atoms with Crippen LogP contribution in [0.25, 0.3) is 0 Å². The fourth-order valence-electron chi connectivity index (χ4n) is 2.43. The van der Waals surface area contributed by atoms with E-state index in [0.29, 0.717) is 0 Å². The Morgan fingerprint density at radius 2 is 1.60 bits per heavy atom. The van der Waals surface area contributed by atoms with E-state index in [0.717, 1.165) is 24.8 Å². The van der Waals surface area contributed by atoms with Crippen molar-refractivity contribution >= 4 is 41.5 Å². The van der Waals surface area contributed by atoms with Crippen LogP contribution in [-0.4, -0.2) is 52.6 Å². The number of rotatable bonds is 11. The Morgan fingerprint density at radius 1 is 1.04 bits per heavy atom. The number of hydrogen-bond acceptors (Lipinski definition) is 5. The Hall–Kier alpha value is -0.880. The van der Waals surface area contributed by atoms with Crippen molar-refractivity contribution in [1.29, 1.82) is 0 Å². The van der Waals surface area contributed by atoms with Gasteiger partial charge in [-0.3, -0.25) is 4.79 Å². The van der Waals surface area contributed by atoms with Gasteiger partial charge >= 0.3 is 41.5 Å². The number of unbranched alkanes of at least 4 members (excludes halogenated alkanes) is 6. The first-order valence-corrected chi connectivity index (χ1v) is 8.81. The van der Waals surface area contributed by atoms with Gasteiger partial charge in [0.05, 0.1) is 0 Å². The van der Waals surface area contributed by atoms with E-state index < -0.39 is 18.0 Å². The van der Waals surface area contributed by atoms with Crippen LogP contribution in [0.15, 0.2) is 24.3 Å². The molecule has 0 radical (unpaired) electrons. The quantitative estimate of drug-likeness (QED) is 0.274. The van der Waals surface area contributed by atoms with Gasteiger partial charge in [0.2, 0.25) is 0 Å². The van der Waals surface area contributed by atoms with E-state index in [-0.39, 0.29) is 48.1 Å². The molecule has 0 unspecified atom stereocenters. The van der Waals surface area contributed by atoms with Crippen molar-refractivity contribution in [2.75, 3.05) is 0 Å². The molecule has 5 nitrogen and oxygen atoms in total. The monoisotopic (exact) mass is 359 g/mol. The summed E-state index contributed by atoms with van der Waals surface area (Å²) in [5, 5.41) is 9.21. The number of phenolic OH excluding ortho intramolecular Hbond substituents is 1. The van der Waals surface area contributed by atoms with Crippen LogP contribution < -0.4 is 5.73 Å². The zero-order valence-corrected chi connectivity index (χ0v) is 14.5. The van der Waals surface area contributed by atoms with Gasteiger partial charge in [-0.1, -0.05) is 57.6 Å². The van der Waals surface area contributed by atoms with Crippen molar-refractivity contribution in [3.05, 3.63) is 29.8 Å². The van der Waals surface area contributed by atoms with Gasteiger partial charge in [0.15, 0.2) is 0 Å². The Balaban J connectivity index is 0.00000576. The summed E-state index contributed by atoms with van der Waals surface area (Å²) in [6, 6.07) is 5.54. The van der Waals surface area contributed by atoms with E-state index in [1.165, 1.54) is 37.8 Å². The molecule has 1 rings (SSSR count). The molecule has 0 aliphatic rings. The van der Waals surface area contributed by atoms with Gasteiger partial charge in [0, 0.05) is 6.42 Å². The topological polar surface area (TPSA) is 89.6 Å². The standard InChI is InChI=1S/C19H29NO4.Na.H/c1-2-3-4-5-6-7-8-9-18(22)24-19(23)17(20)14-15-10-12-16(21)13-11-15;;/h10-13,17,21H,2-9,14,20H2,1H3;;/t17-;;/m0../s1.